The van der Waals surface area contributed by atoms with Gasteiger partial charge in [0.1, 0.15) is 12.4 Å². The third-order valence-electron chi connectivity index (χ3n) is 6.22. The number of carbonyl (C=O) groups excluding carboxylic acids is 2. The number of thiazole rings is 1. The Morgan fingerprint density at radius 1 is 1.05 bits per heavy atom. The number of esters is 2. The first-order valence-electron chi connectivity index (χ1n) is 13.3. The second-order valence-electron chi connectivity index (χ2n) is 8.97. The summed E-state index contributed by atoms with van der Waals surface area (Å²) < 4.78 is 28.9. The molecular weight excluding hydrogens is 560 g/mol. The fourth-order valence-corrected chi connectivity index (χ4v) is 5.40. The molecule has 0 aliphatic carbocycles. The topological polar surface area (TPSA) is 115 Å². The van der Waals surface area contributed by atoms with Crippen LogP contribution in [0.25, 0.3) is 6.08 Å². The molecule has 1 aliphatic heterocycles. The minimum Gasteiger partial charge on any atom is -0.490 e. The van der Waals surface area contributed by atoms with E-state index >= 15 is 0 Å². The maximum Gasteiger partial charge on any atom is 0.343 e. The summed E-state index contributed by atoms with van der Waals surface area (Å²) >= 11 is 1.22. The smallest absolute Gasteiger partial charge is 0.343 e. The van der Waals surface area contributed by atoms with Gasteiger partial charge in [0.15, 0.2) is 22.9 Å². The van der Waals surface area contributed by atoms with E-state index in [4.69, 9.17) is 18.9 Å². The summed E-state index contributed by atoms with van der Waals surface area (Å²) in [4.78, 5) is 43.5. The van der Waals surface area contributed by atoms with Crippen LogP contribution in [0, 0.1) is 0 Å². The van der Waals surface area contributed by atoms with Crippen LogP contribution >= 0.6 is 11.3 Å². The summed E-state index contributed by atoms with van der Waals surface area (Å²) in [6, 6.07) is 11.5. The molecule has 11 heteroatoms. The quantitative estimate of drug-likeness (QED) is 0.233. The number of rotatable bonds is 12. The maximum absolute atomic E-state index is 13.9. The van der Waals surface area contributed by atoms with Gasteiger partial charge in [-0.05, 0) is 62.2 Å². The maximum atomic E-state index is 13.9. The number of nitrogens with zero attached hydrogens (tertiary/aromatic N) is 2. The van der Waals surface area contributed by atoms with E-state index in [1.807, 2.05) is 6.92 Å². The summed E-state index contributed by atoms with van der Waals surface area (Å²) in [5.74, 6) is 0.445. The van der Waals surface area contributed by atoms with Crippen LogP contribution in [0.5, 0.6) is 17.2 Å². The van der Waals surface area contributed by atoms with E-state index in [0.29, 0.717) is 51.1 Å². The summed E-state index contributed by atoms with van der Waals surface area (Å²) in [6.07, 6.45) is 3.38. The van der Waals surface area contributed by atoms with Crippen LogP contribution in [0.2, 0.25) is 0 Å². The number of methoxy groups -OCH3 is 1. The largest absolute Gasteiger partial charge is 0.490 e. The van der Waals surface area contributed by atoms with Crippen molar-refractivity contribution in [2.75, 3.05) is 33.5 Å². The van der Waals surface area contributed by atoms with Crippen LogP contribution in [0.15, 0.2) is 76.2 Å². The Hall–Kier alpha value is -4.64. The molecule has 2 heterocycles. The van der Waals surface area contributed by atoms with Crippen LogP contribution in [0.1, 0.15) is 37.9 Å². The Bertz CT molecular complexity index is 1680. The minimum atomic E-state index is -0.802. The number of carbonyl (C=O) groups is 2. The lowest BCUT2D eigenvalue weighted by Gasteiger charge is -2.25. The first-order chi connectivity index (χ1) is 20.3. The Balaban J connectivity index is 1.81. The van der Waals surface area contributed by atoms with E-state index < -0.39 is 18.0 Å². The van der Waals surface area contributed by atoms with Gasteiger partial charge in [0.05, 0.1) is 42.2 Å². The molecule has 3 aromatic rings. The SMILES string of the molecule is C=CCOc1ccc(C2C(C(=O)OCC)=C(C)N=c3s/c(=C/c4ccc(OCC(=O)OC)cc4)c(=O)n32)cc1OCC. The number of allylic oxidation sites excluding steroid dienone is 1. The van der Waals surface area contributed by atoms with Gasteiger partial charge in [0.2, 0.25) is 0 Å². The van der Waals surface area contributed by atoms with Gasteiger partial charge in [-0.25, -0.2) is 14.6 Å². The highest BCUT2D eigenvalue weighted by atomic mass is 32.1. The summed E-state index contributed by atoms with van der Waals surface area (Å²) in [7, 11) is 1.29. The molecule has 0 bridgehead atoms. The fourth-order valence-electron chi connectivity index (χ4n) is 4.35. The molecule has 0 fully saturated rings. The van der Waals surface area contributed by atoms with Crippen molar-refractivity contribution in [3.63, 3.8) is 0 Å². The van der Waals surface area contributed by atoms with Gasteiger partial charge >= 0.3 is 11.9 Å². The highest BCUT2D eigenvalue weighted by Gasteiger charge is 2.34. The van der Waals surface area contributed by atoms with E-state index in [9.17, 15) is 14.4 Å². The number of hydrogen-bond donors (Lipinski definition) is 0. The van der Waals surface area contributed by atoms with E-state index in [2.05, 4.69) is 16.3 Å². The molecule has 1 aliphatic rings. The molecule has 0 saturated heterocycles. The lowest BCUT2D eigenvalue weighted by atomic mass is 9.95. The van der Waals surface area contributed by atoms with Crippen molar-refractivity contribution < 1.29 is 33.3 Å². The second-order valence-corrected chi connectivity index (χ2v) is 9.98. The van der Waals surface area contributed by atoms with Crippen LogP contribution in [0.3, 0.4) is 0 Å². The summed E-state index contributed by atoms with van der Waals surface area (Å²) in [6.45, 7) is 9.66. The van der Waals surface area contributed by atoms with Crippen molar-refractivity contribution in [1.29, 1.82) is 0 Å². The lowest BCUT2D eigenvalue weighted by molar-refractivity contribution is -0.143. The molecule has 4 rings (SSSR count). The number of benzene rings is 2. The first kappa shape index (κ1) is 30.3. The zero-order valence-corrected chi connectivity index (χ0v) is 24.7. The molecule has 220 valence electrons. The molecule has 0 saturated carbocycles. The Morgan fingerprint density at radius 3 is 2.48 bits per heavy atom. The Labute approximate surface area is 246 Å². The van der Waals surface area contributed by atoms with Crippen LogP contribution in [-0.4, -0.2) is 50.0 Å². The number of ether oxygens (including phenoxy) is 5. The van der Waals surface area contributed by atoms with Gasteiger partial charge in [-0.3, -0.25) is 9.36 Å². The van der Waals surface area contributed by atoms with Gasteiger partial charge < -0.3 is 23.7 Å². The molecule has 0 radical (unpaired) electrons. The van der Waals surface area contributed by atoms with Crippen molar-refractivity contribution in [2.45, 2.75) is 26.8 Å². The van der Waals surface area contributed by atoms with E-state index in [1.54, 1.807) is 68.5 Å². The van der Waals surface area contributed by atoms with Crippen molar-refractivity contribution in [3.05, 3.63) is 97.2 Å². The summed E-state index contributed by atoms with van der Waals surface area (Å²) in [5, 5.41) is 0. The normalized spacial score (nSPS) is 14.5. The lowest BCUT2D eigenvalue weighted by Crippen LogP contribution is -2.40. The van der Waals surface area contributed by atoms with Gasteiger partial charge in [-0.15, -0.1) is 0 Å². The third-order valence-corrected chi connectivity index (χ3v) is 7.20. The molecule has 2 aromatic carbocycles. The van der Waals surface area contributed by atoms with E-state index in [-0.39, 0.29) is 24.3 Å². The van der Waals surface area contributed by atoms with E-state index in [1.165, 1.54) is 23.0 Å². The van der Waals surface area contributed by atoms with Gasteiger partial charge in [0, 0.05) is 0 Å². The zero-order valence-electron chi connectivity index (χ0n) is 23.9. The second kappa shape index (κ2) is 13.8. The first-order valence-corrected chi connectivity index (χ1v) is 14.1. The number of hydrogen-bond acceptors (Lipinski definition) is 10. The Kier molecular flexibility index (Phi) is 9.98. The minimum absolute atomic E-state index is 0.171. The molecule has 10 nitrogen and oxygen atoms in total. The van der Waals surface area contributed by atoms with Crippen molar-refractivity contribution in [1.82, 2.24) is 4.57 Å². The predicted octanol–water partition coefficient (Wildman–Crippen LogP) is 3.31. The van der Waals surface area contributed by atoms with E-state index in [0.717, 1.165) is 5.56 Å². The molecule has 0 amide bonds. The van der Waals surface area contributed by atoms with Crippen molar-refractivity contribution in [2.24, 2.45) is 4.99 Å². The summed E-state index contributed by atoms with van der Waals surface area (Å²) in [5.41, 5.74) is 1.80. The van der Waals surface area contributed by atoms with Crippen LogP contribution < -0.4 is 29.1 Å². The molecular formula is C31H32N2O8S. The molecule has 0 spiro atoms. The molecule has 1 atom stereocenters. The van der Waals surface area contributed by atoms with Gasteiger partial charge in [-0.1, -0.05) is 42.2 Å². The zero-order chi connectivity index (χ0) is 30.2. The molecule has 42 heavy (non-hydrogen) atoms. The Morgan fingerprint density at radius 2 is 1.81 bits per heavy atom. The highest BCUT2D eigenvalue weighted by molar-refractivity contribution is 7.07. The monoisotopic (exact) mass is 592 g/mol. The molecule has 1 aromatic heterocycles. The fraction of sp³-hybridized carbons (Fsp3) is 0.290. The number of fused-ring (bicyclic) bond motifs is 1. The predicted molar refractivity (Wildman–Crippen MR) is 158 cm³/mol. The van der Waals surface area contributed by atoms with Crippen molar-refractivity contribution >= 4 is 29.4 Å². The van der Waals surface area contributed by atoms with Crippen LogP contribution in [0.4, 0.5) is 0 Å². The average molecular weight is 593 g/mol. The average Bonchev–Trinajstić information content (AvgIpc) is 3.29. The molecule has 1 unspecified atom stereocenters. The standard InChI is InChI=1S/C31H32N2O8S/c1-6-15-40-23-14-11-21(17-24(23)38-7-2)28-27(30(36)39-8-3)19(4)32-31-33(28)29(35)25(42-31)16-20-9-12-22(13-10-20)41-18-26(34)37-5/h6,9-14,16-17,28H,1,7-8,15,18H2,2-5H3/b25-16+. The number of aromatic nitrogens is 1. The van der Waals surface area contributed by atoms with Crippen LogP contribution in [-0.2, 0) is 19.1 Å². The molecule has 0 N–H and O–H groups in total. The van der Waals surface area contributed by atoms with Crippen molar-refractivity contribution in [3.8, 4) is 17.2 Å². The third kappa shape index (κ3) is 6.63. The van der Waals surface area contributed by atoms with Gasteiger partial charge in [-0.2, -0.15) is 0 Å². The van der Waals surface area contributed by atoms with Gasteiger partial charge in [0.25, 0.3) is 5.56 Å². The highest BCUT2D eigenvalue weighted by Crippen LogP contribution is 2.36.